The molecule has 2 aromatic heterocycles. The minimum absolute atomic E-state index is 0.992. The summed E-state index contributed by atoms with van der Waals surface area (Å²) >= 11 is 13.1. The monoisotopic (exact) mass is 470 g/mol. The first-order chi connectivity index (χ1) is 7.58. The first-order valence-electron chi connectivity index (χ1n) is 4.10. The Kier molecular flexibility index (Phi) is 6.72. The van der Waals surface area contributed by atoms with Crippen molar-refractivity contribution in [2.45, 2.75) is 0 Å². The molecule has 2 heterocycles. The number of pyridine rings is 2. The SMILES string of the molecule is Brc1cncc(Br)c1.Brc1cncc(Br)c1. The van der Waals surface area contributed by atoms with Gasteiger partial charge in [0.05, 0.1) is 0 Å². The largest absolute Gasteiger partial charge is 0.262 e. The number of rotatable bonds is 0. The summed E-state index contributed by atoms with van der Waals surface area (Å²) in [5.41, 5.74) is 0. The van der Waals surface area contributed by atoms with E-state index in [9.17, 15) is 0 Å². The van der Waals surface area contributed by atoms with Crippen LogP contribution in [0.4, 0.5) is 0 Å². The van der Waals surface area contributed by atoms with Gasteiger partial charge in [0.2, 0.25) is 0 Å². The van der Waals surface area contributed by atoms with Crippen LogP contribution in [0.1, 0.15) is 0 Å². The average molecular weight is 474 g/mol. The molecule has 0 spiro atoms. The van der Waals surface area contributed by atoms with Crippen molar-refractivity contribution in [3.63, 3.8) is 0 Å². The number of aromatic nitrogens is 2. The maximum absolute atomic E-state index is 3.89. The van der Waals surface area contributed by atoms with Gasteiger partial charge >= 0.3 is 0 Å². The summed E-state index contributed by atoms with van der Waals surface area (Å²) in [6.07, 6.45) is 6.96. The Balaban J connectivity index is 0.000000160. The summed E-state index contributed by atoms with van der Waals surface area (Å²) < 4.78 is 3.97. The van der Waals surface area contributed by atoms with Crippen molar-refractivity contribution < 1.29 is 0 Å². The van der Waals surface area contributed by atoms with E-state index in [0.717, 1.165) is 17.9 Å². The van der Waals surface area contributed by atoms with Gasteiger partial charge in [-0.15, -0.1) is 0 Å². The summed E-state index contributed by atoms with van der Waals surface area (Å²) in [5.74, 6) is 0. The van der Waals surface area contributed by atoms with Crippen LogP contribution in [-0.2, 0) is 0 Å². The van der Waals surface area contributed by atoms with Crippen molar-refractivity contribution in [3.05, 3.63) is 54.8 Å². The van der Waals surface area contributed by atoms with E-state index in [1.54, 1.807) is 24.8 Å². The van der Waals surface area contributed by atoms with Crippen molar-refractivity contribution in [3.8, 4) is 0 Å². The normalized spacial score (nSPS) is 9.25. The molecule has 0 aromatic carbocycles. The van der Waals surface area contributed by atoms with Crippen molar-refractivity contribution >= 4 is 63.7 Å². The van der Waals surface area contributed by atoms with Crippen LogP contribution in [0.15, 0.2) is 54.8 Å². The second kappa shape index (κ2) is 7.53. The molecule has 84 valence electrons. The van der Waals surface area contributed by atoms with Crippen molar-refractivity contribution in [2.24, 2.45) is 0 Å². The van der Waals surface area contributed by atoms with Gasteiger partial charge in [-0.05, 0) is 75.9 Å². The van der Waals surface area contributed by atoms with Gasteiger partial charge in [0.15, 0.2) is 0 Å². The van der Waals surface area contributed by atoms with Gasteiger partial charge in [-0.1, -0.05) is 0 Å². The maximum Gasteiger partial charge on any atom is 0.0411 e. The number of hydrogen-bond acceptors (Lipinski definition) is 2. The highest BCUT2D eigenvalue weighted by Crippen LogP contribution is 2.14. The average Bonchev–Trinajstić information content (AvgIpc) is 2.17. The number of nitrogens with zero attached hydrogens (tertiary/aromatic N) is 2. The number of halogens is 4. The van der Waals surface area contributed by atoms with Gasteiger partial charge in [-0.3, -0.25) is 9.97 Å². The summed E-state index contributed by atoms with van der Waals surface area (Å²) in [6, 6.07) is 3.88. The van der Waals surface area contributed by atoms with Crippen LogP contribution in [0.5, 0.6) is 0 Å². The minimum Gasteiger partial charge on any atom is -0.262 e. The van der Waals surface area contributed by atoms with Gasteiger partial charge in [0.1, 0.15) is 0 Å². The Hall–Kier alpha value is 0.220. The third kappa shape index (κ3) is 6.08. The van der Waals surface area contributed by atoms with E-state index in [0.29, 0.717) is 0 Å². The molecular weight excluding hydrogens is 468 g/mol. The van der Waals surface area contributed by atoms with Crippen LogP contribution < -0.4 is 0 Å². The van der Waals surface area contributed by atoms with Crippen molar-refractivity contribution in [1.82, 2.24) is 9.97 Å². The Bertz CT molecular complexity index is 384. The molecule has 0 radical (unpaired) electrons. The van der Waals surface area contributed by atoms with Crippen LogP contribution in [0.2, 0.25) is 0 Å². The molecule has 0 aliphatic heterocycles. The molecule has 2 rings (SSSR count). The lowest BCUT2D eigenvalue weighted by Gasteiger charge is -1.86. The van der Waals surface area contributed by atoms with E-state index >= 15 is 0 Å². The zero-order chi connectivity index (χ0) is 12.0. The van der Waals surface area contributed by atoms with E-state index < -0.39 is 0 Å². The molecule has 0 saturated carbocycles. The third-order valence-electron chi connectivity index (χ3n) is 1.34. The Morgan fingerprint density at radius 1 is 0.562 bits per heavy atom. The quantitative estimate of drug-likeness (QED) is 0.525. The lowest BCUT2D eigenvalue weighted by Crippen LogP contribution is -1.69. The van der Waals surface area contributed by atoms with E-state index in [4.69, 9.17) is 0 Å². The molecule has 0 aliphatic rings. The van der Waals surface area contributed by atoms with E-state index in [-0.39, 0.29) is 0 Å². The third-order valence-corrected chi connectivity index (χ3v) is 3.08. The van der Waals surface area contributed by atoms with Gasteiger partial charge < -0.3 is 0 Å². The van der Waals surface area contributed by atoms with Crippen molar-refractivity contribution in [1.29, 1.82) is 0 Å². The van der Waals surface area contributed by atoms with Crippen LogP contribution in [0.3, 0.4) is 0 Å². The van der Waals surface area contributed by atoms with E-state index in [2.05, 4.69) is 73.7 Å². The summed E-state index contributed by atoms with van der Waals surface area (Å²) in [6.45, 7) is 0. The second-order valence-electron chi connectivity index (χ2n) is 2.64. The molecule has 0 unspecified atom stereocenters. The van der Waals surface area contributed by atoms with E-state index in [1.165, 1.54) is 0 Å². The van der Waals surface area contributed by atoms with Crippen LogP contribution >= 0.6 is 63.7 Å². The van der Waals surface area contributed by atoms with Gasteiger partial charge in [-0.2, -0.15) is 0 Å². The first-order valence-corrected chi connectivity index (χ1v) is 7.27. The highest BCUT2D eigenvalue weighted by molar-refractivity contribution is 9.11. The predicted octanol–water partition coefficient (Wildman–Crippen LogP) is 5.21. The Morgan fingerprint density at radius 2 is 0.812 bits per heavy atom. The molecule has 0 atom stereocenters. The fourth-order valence-corrected chi connectivity index (χ4v) is 2.85. The molecule has 0 N–H and O–H groups in total. The smallest absolute Gasteiger partial charge is 0.0411 e. The van der Waals surface area contributed by atoms with Crippen LogP contribution in [0, 0.1) is 0 Å². The lowest BCUT2D eigenvalue weighted by atomic mass is 10.5. The summed E-state index contributed by atoms with van der Waals surface area (Å²) in [7, 11) is 0. The van der Waals surface area contributed by atoms with Crippen LogP contribution in [0.25, 0.3) is 0 Å². The molecular formula is C10H6Br4N2. The van der Waals surface area contributed by atoms with Gasteiger partial charge in [-0.25, -0.2) is 0 Å². The molecule has 0 fully saturated rings. The standard InChI is InChI=1S/2C5H3Br2N/c2*6-4-1-5(7)3-8-2-4/h2*1-3H. The van der Waals surface area contributed by atoms with E-state index in [1.807, 2.05) is 12.1 Å². The Labute approximate surface area is 127 Å². The minimum atomic E-state index is 0.992. The molecule has 2 aromatic rings. The maximum atomic E-state index is 3.89. The van der Waals surface area contributed by atoms with Gasteiger partial charge in [0.25, 0.3) is 0 Å². The Morgan fingerprint density at radius 3 is 0.938 bits per heavy atom. The zero-order valence-electron chi connectivity index (χ0n) is 7.87. The first kappa shape index (κ1) is 14.3. The zero-order valence-corrected chi connectivity index (χ0v) is 14.2. The molecule has 0 amide bonds. The molecule has 0 bridgehead atoms. The molecule has 2 nitrogen and oxygen atoms in total. The fourth-order valence-electron chi connectivity index (χ4n) is 0.772. The predicted molar refractivity (Wildman–Crippen MR) is 79.3 cm³/mol. The molecule has 16 heavy (non-hydrogen) atoms. The molecule has 0 saturated heterocycles. The highest BCUT2D eigenvalue weighted by Gasteiger charge is 1.86. The summed E-state index contributed by atoms with van der Waals surface area (Å²) in [4.78, 5) is 7.78. The number of hydrogen-bond donors (Lipinski definition) is 0. The molecule has 0 aliphatic carbocycles. The second-order valence-corrected chi connectivity index (χ2v) is 6.31. The highest BCUT2D eigenvalue weighted by atomic mass is 79.9. The van der Waals surface area contributed by atoms with Crippen LogP contribution in [-0.4, -0.2) is 9.97 Å². The molecule has 6 heteroatoms. The lowest BCUT2D eigenvalue weighted by molar-refractivity contribution is 1.29. The van der Waals surface area contributed by atoms with Crippen molar-refractivity contribution in [2.75, 3.05) is 0 Å². The fraction of sp³-hybridized carbons (Fsp3) is 0. The summed E-state index contributed by atoms with van der Waals surface area (Å²) in [5, 5.41) is 0. The van der Waals surface area contributed by atoms with Gasteiger partial charge in [0, 0.05) is 42.7 Å². The topological polar surface area (TPSA) is 25.8 Å².